The number of hydrogen-bond acceptors (Lipinski definition) is 4. The Morgan fingerprint density at radius 2 is 2.41 bits per heavy atom. The van der Waals surface area contributed by atoms with Gasteiger partial charge in [0.15, 0.2) is 0 Å². The molecule has 0 fully saturated rings. The fourth-order valence-electron chi connectivity index (χ4n) is 1.41. The predicted molar refractivity (Wildman–Crippen MR) is 59.0 cm³/mol. The first kappa shape index (κ1) is 11.2. The lowest BCUT2D eigenvalue weighted by molar-refractivity contribution is 0.0695. The van der Waals surface area contributed by atoms with Gasteiger partial charge >= 0.3 is 5.97 Å². The van der Waals surface area contributed by atoms with Crippen molar-refractivity contribution in [3.05, 3.63) is 47.7 Å². The van der Waals surface area contributed by atoms with Crippen LogP contribution in [0.1, 0.15) is 21.9 Å². The summed E-state index contributed by atoms with van der Waals surface area (Å²) in [6, 6.07) is 4.99. The number of rotatable bonds is 4. The number of hydrogen-bond donors (Lipinski definition) is 1. The molecular formula is C12H11NO4. The summed E-state index contributed by atoms with van der Waals surface area (Å²) in [5.74, 6) is 0.461. The topological polar surface area (TPSA) is 72.6 Å². The molecule has 5 heteroatoms. The lowest BCUT2D eigenvalue weighted by atomic mass is 10.2. The number of aromatic carboxylic acids is 1. The Morgan fingerprint density at radius 1 is 1.59 bits per heavy atom. The van der Waals surface area contributed by atoms with Gasteiger partial charge in [-0.15, -0.1) is 0 Å². The average Bonchev–Trinajstić information content (AvgIpc) is 2.69. The van der Waals surface area contributed by atoms with E-state index in [1.807, 2.05) is 0 Å². The standard InChI is InChI=1S/C12H11NO4/c1-8-11(12(14)15)5-10(17-8)7-16-9-3-2-4-13-6-9/h2-6H,7H2,1H3,(H,14,15). The van der Waals surface area contributed by atoms with Gasteiger partial charge in [0.1, 0.15) is 29.4 Å². The molecule has 0 atom stereocenters. The lowest BCUT2D eigenvalue weighted by Gasteiger charge is -2.01. The number of aryl methyl sites for hydroxylation is 1. The van der Waals surface area contributed by atoms with Gasteiger partial charge in [-0.25, -0.2) is 4.79 Å². The van der Waals surface area contributed by atoms with Gasteiger partial charge in [-0.1, -0.05) is 0 Å². The van der Waals surface area contributed by atoms with E-state index in [2.05, 4.69) is 4.98 Å². The Kier molecular flexibility index (Phi) is 3.09. The van der Waals surface area contributed by atoms with Gasteiger partial charge in [0.05, 0.1) is 6.20 Å². The van der Waals surface area contributed by atoms with Crippen molar-refractivity contribution in [2.24, 2.45) is 0 Å². The maximum absolute atomic E-state index is 10.8. The van der Waals surface area contributed by atoms with E-state index < -0.39 is 5.97 Å². The molecule has 0 radical (unpaired) electrons. The highest BCUT2D eigenvalue weighted by atomic mass is 16.5. The van der Waals surface area contributed by atoms with Crippen LogP contribution in [0.15, 0.2) is 35.0 Å². The molecule has 0 bridgehead atoms. The molecule has 2 aromatic rings. The van der Waals surface area contributed by atoms with Crippen LogP contribution in [-0.4, -0.2) is 16.1 Å². The minimum Gasteiger partial charge on any atom is -0.484 e. The van der Waals surface area contributed by atoms with Crippen molar-refractivity contribution in [1.82, 2.24) is 4.98 Å². The molecule has 0 unspecified atom stereocenters. The van der Waals surface area contributed by atoms with Crippen LogP contribution in [0, 0.1) is 6.92 Å². The third-order valence-corrected chi connectivity index (χ3v) is 2.21. The number of carbonyl (C=O) groups is 1. The highest BCUT2D eigenvalue weighted by Gasteiger charge is 2.13. The zero-order chi connectivity index (χ0) is 12.3. The molecule has 0 saturated carbocycles. The van der Waals surface area contributed by atoms with Crippen LogP contribution >= 0.6 is 0 Å². The van der Waals surface area contributed by atoms with E-state index in [1.165, 1.54) is 6.07 Å². The molecule has 2 aromatic heterocycles. The summed E-state index contributed by atoms with van der Waals surface area (Å²) in [6.45, 7) is 1.79. The smallest absolute Gasteiger partial charge is 0.339 e. The van der Waals surface area contributed by atoms with Crippen LogP contribution in [0.5, 0.6) is 5.75 Å². The molecule has 0 saturated heterocycles. The minimum absolute atomic E-state index is 0.162. The molecule has 2 rings (SSSR count). The second-order valence-electron chi connectivity index (χ2n) is 3.47. The van der Waals surface area contributed by atoms with Gasteiger partial charge in [0.2, 0.25) is 0 Å². The zero-order valence-electron chi connectivity index (χ0n) is 9.21. The molecule has 5 nitrogen and oxygen atoms in total. The SMILES string of the molecule is Cc1oc(COc2cccnc2)cc1C(=O)O. The van der Waals surface area contributed by atoms with E-state index in [9.17, 15) is 4.79 Å². The van der Waals surface area contributed by atoms with Crippen LogP contribution in [-0.2, 0) is 6.61 Å². The molecule has 1 N–H and O–H groups in total. The molecule has 0 aliphatic carbocycles. The second kappa shape index (κ2) is 4.69. The Morgan fingerprint density at radius 3 is 3.00 bits per heavy atom. The maximum atomic E-state index is 10.8. The first-order valence-electron chi connectivity index (χ1n) is 5.02. The molecule has 0 aliphatic rings. The number of nitrogens with zero attached hydrogens (tertiary/aromatic N) is 1. The molecule has 88 valence electrons. The Balaban J connectivity index is 2.05. The third-order valence-electron chi connectivity index (χ3n) is 2.21. The summed E-state index contributed by atoms with van der Waals surface area (Å²) in [4.78, 5) is 14.7. The lowest BCUT2D eigenvalue weighted by Crippen LogP contribution is -1.96. The van der Waals surface area contributed by atoms with E-state index in [0.717, 1.165) is 0 Å². The van der Waals surface area contributed by atoms with Crippen molar-refractivity contribution in [1.29, 1.82) is 0 Å². The van der Waals surface area contributed by atoms with Gasteiger partial charge in [-0.05, 0) is 25.1 Å². The predicted octanol–water partition coefficient (Wildman–Crippen LogP) is 2.26. The van der Waals surface area contributed by atoms with Crippen LogP contribution in [0.3, 0.4) is 0 Å². The molecular weight excluding hydrogens is 222 g/mol. The van der Waals surface area contributed by atoms with Crippen molar-refractivity contribution in [3.63, 3.8) is 0 Å². The normalized spacial score (nSPS) is 10.2. The number of furan rings is 1. The third kappa shape index (κ3) is 2.63. The fourth-order valence-corrected chi connectivity index (χ4v) is 1.41. The van der Waals surface area contributed by atoms with Crippen LogP contribution < -0.4 is 4.74 Å². The monoisotopic (exact) mass is 233 g/mol. The average molecular weight is 233 g/mol. The maximum Gasteiger partial charge on any atom is 0.339 e. The van der Waals surface area contributed by atoms with Crippen molar-refractivity contribution in [2.45, 2.75) is 13.5 Å². The summed E-state index contributed by atoms with van der Waals surface area (Å²) in [6.07, 6.45) is 3.22. The number of carboxylic acids is 1. The number of aromatic nitrogens is 1. The Hall–Kier alpha value is -2.30. The molecule has 2 heterocycles. The van der Waals surface area contributed by atoms with E-state index in [4.69, 9.17) is 14.3 Å². The highest BCUT2D eigenvalue weighted by molar-refractivity contribution is 5.88. The quantitative estimate of drug-likeness (QED) is 0.876. The number of ether oxygens (including phenoxy) is 1. The van der Waals surface area contributed by atoms with Gasteiger partial charge in [0, 0.05) is 6.20 Å². The van der Waals surface area contributed by atoms with E-state index >= 15 is 0 Å². The Bertz CT molecular complexity index is 519. The number of carboxylic acid groups (broad SMARTS) is 1. The first-order valence-corrected chi connectivity index (χ1v) is 5.02. The Labute approximate surface area is 97.7 Å². The van der Waals surface area contributed by atoms with E-state index in [-0.39, 0.29) is 12.2 Å². The fraction of sp³-hybridized carbons (Fsp3) is 0.167. The van der Waals surface area contributed by atoms with Gasteiger partial charge in [-0.2, -0.15) is 0 Å². The van der Waals surface area contributed by atoms with Crippen molar-refractivity contribution in [3.8, 4) is 5.75 Å². The minimum atomic E-state index is -1.00. The van der Waals surface area contributed by atoms with Crippen LogP contribution in [0.2, 0.25) is 0 Å². The summed E-state index contributed by atoms with van der Waals surface area (Å²) in [5, 5.41) is 8.85. The van der Waals surface area contributed by atoms with Crippen molar-refractivity contribution >= 4 is 5.97 Å². The largest absolute Gasteiger partial charge is 0.484 e. The summed E-state index contributed by atoms with van der Waals surface area (Å²) >= 11 is 0. The van der Waals surface area contributed by atoms with Crippen LogP contribution in [0.25, 0.3) is 0 Å². The van der Waals surface area contributed by atoms with Crippen molar-refractivity contribution < 1.29 is 19.1 Å². The van der Waals surface area contributed by atoms with Crippen molar-refractivity contribution in [2.75, 3.05) is 0 Å². The van der Waals surface area contributed by atoms with Gasteiger partial charge in [0.25, 0.3) is 0 Å². The molecule has 0 spiro atoms. The van der Waals surface area contributed by atoms with Crippen LogP contribution in [0.4, 0.5) is 0 Å². The zero-order valence-corrected chi connectivity index (χ0v) is 9.21. The first-order chi connectivity index (χ1) is 8.16. The van der Waals surface area contributed by atoms with E-state index in [1.54, 1.807) is 31.5 Å². The highest BCUT2D eigenvalue weighted by Crippen LogP contribution is 2.17. The molecule has 0 amide bonds. The number of pyridine rings is 1. The second-order valence-corrected chi connectivity index (χ2v) is 3.47. The summed E-state index contributed by atoms with van der Waals surface area (Å²) < 4.78 is 10.7. The van der Waals surface area contributed by atoms with E-state index in [0.29, 0.717) is 17.3 Å². The summed E-state index contributed by atoms with van der Waals surface area (Å²) in [5.41, 5.74) is 0.162. The summed E-state index contributed by atoms with van der Waals surface area (Å²) in [7, 11) is 0. The molecule has 17 heavy (non-hydrogen) atoms. The van der Waals surface area contributed by atoms with Gasteiger partial charge < -0.3 is 14.3 Å². The molecule has 0 aromatic carbocycles. The molecule has 0 aliphatic heterocycles. The van der Waals surface area contributed by atoms with Gasteiger partial charge in [-0.3, -0.25) is 4.98 Å².